The van der Waals surface area contributed by atoms with E-state index in [0.29, 0.717) is 37.7 Å². The van der Waals surface area contributed by atoms with Gasteiger partial charge in [0.1, 0.15) is 5.82 Å². The number of thiophene rings is 1. The minimum absolute atomic E-state index is 0.208. The molecule has 1 aromatic carbocycles. The zero-order chi connectivity index (χ0) is 22.2. The number of hydrogen-bond donors (Lipinski definition) is 2. The molecule has 1 aliphatic heterocycles. The van der Waals surface area contributed by atoms with Crippen LogP contribution in [0.4, 0.5) is 29.2 Å². The van der Waals surface area contributed by atoms with Crippen LogP contribution in [0.3, 0.4) is 0 Å². The highest BCUT2D eigenvalue weighted by molar-refractivity contribution is 7.10. The number of carbonyl (C=O) groups excluding carboxylic acids is 1. The molecule has 0 saturated heterocycles. The number of amides is 1. The van der Waals surface area contributed by atoms with Gasteiger partial charge in [-0.1, -0.05) is 0 Å². The number of nitrogens with two attached hydrogens (primary N) is 1. The lowest BCUT2D eigenvalue weighted by molar-refractivity contribution is -0.137. The van der Waals surface area contributed by atoms with Crippen molar-refractivity contribution in [3.8, 4) is 0 Å². The maximum atomic E-state index is 13.6. The van der Waals surface area contributed by atoms with Gasteiger partial charge in [-0.2, -0.15) is 13.2 Å². The van der Waals surface area contributed by atoms with Gasteiger partial charge in [-0.3, -0.25) is 9.69 Å². The Morgan fingerprint density at radius 3 is 2.68 bits per heavy atom. The van der Waals surface area contributed by atoms with Crippen molar-refractivity contribution >= 4 is 28.9 Å². The van der Waals surface area contributed by atoms with E-state index in [1.807, 2.05) is 0 Å². The van der Waals surface area contributed by atoms with Gasteiger partial charge in [0, 0.05) is 53.5 Å². The second kappa shape index (κ2) is 8.23. The summed E-state index contributed by atoms with van der Waals surface area (Å²) >= 11 is 1.41. The Kier molecular flexibility index (Phi) is 5.63. The number of nitrogens with one attached hydrogen (secondary N) is 1. The predicted octanol–water partition coefficient (Wildman–Crippen LogP) is 4.09. The van der Waals surface area contributed by atoms with Gasteiger partial charge < -0.3 is 11.1 Å². The number of alkyl halides is 3. The molecule has 0 unspecified atom stereocenters. The Morgan fingerprint density at radius 2 is 1.97 bits per heavy atom. The Balaban J connectivity index is 1.47. The highest BCUT2D eigenvalue weighted by Gasteiger charge is 2.32. The number of rotatable bonds is 4. The van der Waals surface area contributed by atoms with Gasteiger partial charge in [0.2, 0.25) is 5.95 Å². The van der Waals surface area contributed by atoms with E-state index in [9.17, 15) is 22.4 Å². The van der Waals surface area contributed by atoms with Crippen LogP contribution in [-0.4, -0.2) is 27.3 Å². The number of fused-ring (bicyclic) bond motifs is 1. The average molecular weight is 451 g/mol. The van der Waals surface area contributed by atoms with E-state index in [1.165, 1.54) is 11.3 Å². The fraction of sp³-hybridized carbons (Fsp3) is 0.250. The third-order valence-corrected chi connectivity index (χ3v) is 5.90. The van der Waals surface area contributed by atoms with Crippen LogP contribution in [0.15, 0.2) is 36.0 Å². The highest BCUT2D eigenvalue weighted by atomic mass is 32.1. The predicted molar refractivity (Wildman–Crippen MR) is 108 cm³/mol. The Morgan fingerprint density at radius 1 is 1.23 bits per heavy atom. The molecule has 3 aromatic rings. The SMILES string of the molecule is Nc1ncc(CN2CCc3c(C(=O)Nc4cc(F)cc(C(F)(F)F)c4)csc3C2)cn1. The van der Waals surface area contributed by atoms with E-state index in [2.05, 4.69) is 20.2 Å². The van der Waals surface area contributed by atoms with E-state index >= 15 is 0 Å². The van der Waals surface area contributed by atoms with Gasteiger partial charge in [0.15, 0.2) is 0 Å². The Labute approximate surface area is 178 Å². The average Bonchev–Trinajstić information content (AvgIpc) is 3.12. The summed E-state index contributed by atoms with van der Waals surface area (Å²) in [5.74, 6) is -1.42. The number of nitrogen functional groups attached to an aromatic ring is 1. The quantitative estimate of drug-likeness (QED) is 0.584. The summed E-state index contributed by atoms with van der Waals surface area (Å²) in [7, 11) is 0. The first-order valence-electron chi connectivity index (χ1n) is 9.26. The molecule has 3 N–H and O–H groups in total. The molecule has 0 aliphatic carbocycles. The second-order valence-electron chi connectivity index (χ2n) is 7.14. The van der Waals surface area contributed by atoms with E-state index in [1.54, 1.807) is 17.8 Å². The lowest BCUT2D eigenvalue weighted by atomic mass is 10.0. The Bertz CT molecular complexity index is 1110. The van der Waals surface area contributed by atoms with Crippen molar-refractivity contribution in [3.63, 3.8) is 0 Å². The number of aromatic nitrogens is 2. The van der Waals surface area contributed by atoms with Crippen LogP contribution >= 0.6 is 11.3 Å². The van der Waals surface area contributed by atoms with Gasteiger partial charge >= 0.3 is 6.18 Å². The number of carbonyl (C=O) groups is 1. The van der Waals surface area contributed by atoms with Gasteiger partial charge in [-0.15, -0.1) is 11.3 Å². The number of hydrogen-bond acceptors (Lipinski definition) is 6. The highest BCUT2D eigenvalue weighted by Crippen LogP contribution is 2.33. The molecule has 0 saturated carbocycles. The largest absolute Gasteiger partial charge is 0.416 e. The molecule has 2 aromatic heterocycles. The summed E-state index contributed by atoms with van der Waals surface area (Å²) in [6.07, 6.45) is -0.769. The molecule has 1 aliphatic rings. The number of halogens is 4. The van der Waals surface area contributed by atoms with Crippen molar-refractivity contribution in [2.75, 3.05) is 17.6 Å². The van der Waals surface area contributed by atoms with Crippen LogP contribution in [0.5, 0.6) is 0 Å². The maximum absolute atomic E-state index is 13.6. The zero-order valence-electron chi connectivity index (χ0n) is 16.0. The monoisotopic (exact) mass is 451 g/mol. The van der Waals surface area contributed by atoms with Crippen molar-refractivity contribution in [2.45, 2.75) is 25.7 Å². The number of nitrogens with zero attached hydrogens (tertiary/aromatic N) is 3. The van der Waals surface area contributed by atoms with Gasteiger partial charge in [0.25, 0.3) is 5.91 Å². The lowest BCUT2D eigenvalue weighted by Gasteiger charge is -2.27. The van der Waals surface area contributed by atoms with E-state index < -0.39 is 23.5 Å². The van der Waals surface area contributed by atoms with Crippen molar-refractivity contribution in [1.82, 2.24) is 14.9 Å². The summed E-state index contributed by atoms with van der Waals surface area (Å²) in [6, 6.07) is 1.97. The number of anilines is 2. The summed E-state index contributed by atoms with van der Waals surface area (Å²) in [5, 5.41) is 4.07. The third-order valence-electron chi connectivity index (χ3n) is 4.89. The molecule has 11 heteroatoms. The smallest absolute Gasteiger partial charge is 0.368 e. The standard InChI is InChI=1S/C20H17F4N5OS/c21-13-3-12(20(22,23)24)4-14(5-13)28-18(30)16-10-31-17-9-29(2-1-15(16)17)8-11-6-26-19(25)27-7-11/h3-7,10H,1-2,8-9H2,(H,28,30)(H2,25,26,27). The molecule has 162 valence electrons. The van der Waals surface area contributed by atoms with Crippen molar-refractivity contribution in [1.29, 1.82) is 0 Å². The topological polar surface area (TPSA) is 84.1 Å². The molecule has 0 radical (unpaired) electrons. The van der Waals surface area contributed by atoms with Gasteiger partial charge in [-0.25, -0.2) is 14.4 Å². The fourth-order valence-corrected chi connectivity index (χ4v) is 4.56. The molecule has 0 fully saturated rings. The summed E-state index contributed by atoms with van der Waals surface area (Å²) in [5.41, 5.74) is 6.28. The lowest BCUT2D eigenvalue weighted by Crippen LogP contribution is -2.30. The molecule has 0 spiro atoms. The van der Waals surface area contributed by atoms with Gasteiger partial charge in [0.05, 0.1) is 11.1 Å². The van der Waals surface area contributed by atoms with E-state index in [-0.39, 0.29) is 11.6 Å². The van der Waals surface area contributed by atoms with Crippen LogP contribution in [0.25, 0.3) is 0 Å². The molecule has 0 bridgehead atoms. The van der Waals surface area contributed by atoms with Crippen molar-refractivity contribution in [3.05, 3.63) is 68.9 Å². The normalized spacial score (nSPS) is 14.3. The molecular formula is C20H17F4N5OS. The molecule has 4 rings (SSSR count). The van der Waals surface area contributed by atoms with Crippen LogP contribution in [0, 0.1) is 5.82 Å². The summed E-state index contributed by atoms with van der Waals surface area (Å²) in [6.45, 7) is 1.94. The molecular weight excluding hydrogens is 434 g/mol. The molecule has 31 heavy (non-hydrogen) atoms. The van der Waals surface area contributed by atoms with Crippen molar-refractivity contribution < 1.29 is 22.4 Å². The van der Waals surface area contributed by atoms with E-state index in [0.717, 1.165) is 28.1 Å². The first kappa shape index (κ1) is 21.2. The molecule has 0 atom stereocenters. The van der Waals surface area contributed by atoms with Crippen LogP contribution in [0.2, 0.25) is 0 Å². The van der Waals surface area contributed by atoms with Crippen LogP contribution < -0.4 is 11.1 Å². The first-order valence-corrected chi connectivity index (χ1v) is 10.1. The van der Waals surface area contributed by atoms with E-state index in [4.69, 9.17) is 5.73 Å². The fourth-order valence-electron chi connectivity index (χ4n) is 3.44. The molecule has 6 nitrogen and oxygen atoms in total. The van der Waals surface area contributed by atoms with Crippen LogP contribution in [-0.2, 0) is 25.7 Å². The summed E-state index contributed by atoms with van der Waals surface area (Å²) < 4.78 is 52.3. The van der Waals surface area contributed by atoms with Crippen molar-refractivity contribution in [2.24, 2.45) is 0 Å². The third kappa shape index (κ3) is 4.83. The summed E-state index contributed by atoms with van der Waals surface area (Å²) in [4.78, 5) is 23.8. The van der Waals surface area contributed by atoms with Gasteiger partial charge in [-0.05, 0) is 30.2 Å². The maximum Gasteiger partial charge on any atom is 0.416 e. The Hall–Kier alpha value is -3.05. The molecule has 3 heterocycles. The molecule has 1 amide bonds. The first-order chi connectivity index (χ1) is 14.7. The van der Waals surface area contributed by atoms with Crippen LogP contribution in [0.1, 0.15) is 31.9 Å². The minimum Gasteiger partial charge on any atom is -0.368 e. The minimum atomic E-state index is -4.71. The number of benzene rings is 1. The zero-order valence-corrected chi connectivity index (χ0v) is 16.9. The second-order valence-corrected chi connectivity index (χ2v) is 8.11.